The van der Waals surface area contributed by atoms with E-state index >= 15 is 0 Å². The quantitative estimate of drug-likeness (QED) is 0.545. The van der Waals surface area contributed by atoms with E-state index in [-0.39, 0.29) is 0 Å². The van der Waals surface area contributed by atoms with Gasteiger partial charge in [-0.1, -0.05) is 6.92 Å². The van der Waals surface area contributed by atoms with E-state index in [4.69, 9.17) is 0 Å². The number of aryl methyl sites for hydroxylation is 2. The molecular weight excluding hydrogens is 122 g/mol. The van der Waals surface area contributed by atoms with Crippen LogP contribution in [0.5, 0.6) is 0 Å². The fourth-order valence-corrected chi connectivity index (χ4v) is 0.939. The molecule has 0 saturated heterocycles. The van der Waals surface area contributed by atoms with E-state index in [0.717, 1.165) is 6.54 Å². The Morgan fingerprint density at radius 2 is 1.90 bits per heavy atom. The van der Waals surface area contributed by atoms with E-state index in [0.29, 0.717) is 0 Å². The highest BCUT2D eigenvalue weighted by molar-refractivity contribution is 5.03. The molecule has 54 valence electrons. The smallest absolute Gasteiger partial charge is 0.169 e. The molecule has 0 fully saturated rings. The van der Waals surface area contributed by atoms with Gasteiger partial charge in [-0.25, -0.2) is 4.57 Å². The van der Waals surface area contributed by atoms with Crippen molar-refractivity contribution in [2.75, 3.05) is 0 Å². The van der Waals surface area contributed by atoms with E-state index in [2.05, 4.69) is 42.9 Å². The monoisotopic (exact) mass is 136 g/mol. The predicted octanol–water partition coefficient (Wildman–Crippen LogP) is 1.69. The Hall–Kier alpha value is -0.850. The van der Waals surface area contributed by atoms with Crippen molar-refractivity contribution in [3.8, 4) is 0 Å². The zero-order valence-corrected chi connectivity index (χ0v) is 6.67. The van der Waals surface area contributed by atoms with E-state index < -0.39 is 0 Å². The molecule has 0 aliphatic heterocycles. The molecule has 0 spiro atoms. The Kier molecular flexibility index (Phi) is 2.43. The Labute approximate surface area is 62.3 Å². The normalized spacial score (nSPS) is 9.80. The van der Waals surface area contributed by atoms with Gasteiger partial charge in [0.15, 0.2) is 12.4 Å². The minimum absolute atomic E-state index is 1.13. The van der Waals surface area contributed by atoms with Crippen molar-refractivity contribution in [3.05, 3.63) is 30.1 Å². The van der Waals surface area contributed by atoms with Gasteiger partial charge in [0.05, 0.1) is 0 Å². The molecule has 0 unspecified atom stereocenters. The number of hydrogen-bond acceptors (Lipinski definition) is 0. The molecule has 1 heteroatoms. The second kappa shape index (κ2) is 3.35. The van der Waals surface area contributed by atoms with Gasteiger partial charge in [-0.3, -0.25) is 0 Å². The van der Waals surface area contributed by atoms with Gasteiger partial charge in [0.1, 0.15) is 6.54 Å². The van der Waals surface area contributed by atoms with Crippen molar-refractivity contribution in [2.45, 2.75) is 26.8 Å². The van der Waals surface area contributed by atoms with E-state index in [1.807, 2.05) is 0 Å². The van der Waals surface area contributed by atoms with Crippen LogP contribution in [0.25, 0.3) is 0 Å². The molecule has 0 saturated carbocycles. The van der Waals surface area contributed by atoms with Crippen LogP contribution in [0.2, 0.25) is 0 Å². The summed E-state index contributed by atoms with van der Waals surface area (Å²) in [5.74, 6) is 0. The molecule has 0 amide bonds. The topological polar surface area (TPSA) is 3.88 Å². The van der Waals surface area contributed by atoms with Crippen molar-refractivity contribution in [2.24, 2.45) is 0 Å². The number of aromatic nitrogens is 1. The predicted molar refractivity (Wildman–Crippen MR) is 41.7 cm³/mol. The Bertz CT molecular complexity index is 188. The summed E-state index contributed by atoms with van der Waals surface area (Å²) in [6.45, 7) is 5.42. The van der Waals surface area contributed by atoms with Gasteiger partial charge in [0.25, 0.3) is 0 Å². The first-order valence-electron chi connectivity index (χ1n) is 3.78. The molecule has 0 bridgehead atoms. The molecule has 0 N–H and O–H groups in total. The van der Waals surface area contributed by atoms with Gasteiger partial charge < -0.3 is 0 Å². The lowest BCUT2D eigenvalue weighted by atomic mass is 10.3. The van der Waals surface area contributed by atoms with Crippen molar-refractivity contribution >= 4 is 0 Å². The number of pyridine rings is 1. The Morgan fingerprint density at radius 3 is 2.40 bits per heavy atom. The molecule has 0 atom stereocenters. The van der Waals surface area contributed by atoms with Crippen molar-refractivity contribution in [1.29, 1.82) is 0 Å². The molecular formula is C9H14N+. The highest BCUT2D eigenvalue weighted by Gasteiger charge is 1.94. The number of hydrogen-bond donors (Lipinski definition) is 0. The van der Waals surface area contributed by atoms with Crippen LogP contribution in [0.1, 0.15) is 18.9 Å². The molecule has 0 aromatic carbocycles. The Balaban J connectivity index is 2.69. The molecule has 1 nitrogen and oxygen atoms in total. The SMILES string of the molecule is CCC[n+]1ccc(C)cc1. The molecule has 0 aliphatic rings. The summed E-state index contributed by atoms with van der Waals surface area (Å²) in [4.78, 5) is 0. The third-order valence-corrected chi connectivity index (χ3v) is 1.54. The fourth-order valence-electron chi connectivity index (χ4n) is 0.939. The average molecular weight is 136 g/mol. The summed E-state index contributed by atoms with van der Waals surface area (Å²) in [6.07, 6.45) is 5.45. The zero-order chi connectivity index (χ0) is 7.40. The van der Waals surface area contributed by atoms with E-state index in [1.165, 1.54) is 12.0 Å². The van der Waals surface area contributed by atoms with Gasteiger partial charge in [0, 0.05) is 18.6 Å². The van der Waals surface area contributed by atoms with E-state index in [1.54, 1.807) is 0 Å². The maximum Gasteiger partial charge on any atom is 0.169 e. The standard InChI is InChI=1S/C9H14N/c1-3-6-10-7-4-9(2)5-8-10/h4-5,7-8H,3,6H2,1-2H3/q+1. The maximum atomic E-state index is 2.20. The molecule has 0 aliphatic carbocycles. The van der Waals surface area contributed by atoms with Crippen LogP contribution < -0.4 is 4.57 Å². The summed E-state index contributed by atoms with van der Waals surface area (Å²) in [6, 6.07) is 4.27. The van der Waals surface area contributed by atoms with Gasteiger partial charge in [-0.2, -0.15) is 0 Å². The molecule has 1 aromatic heterocycles. The summed E-state index contributed by atoms with van der Waals surface area (Å²) in [5.41, 5.74) is 1.33. The molecule has 1 heterocycles. The second-order valence-corrected chi connectivity index (χ2v) is 2.61. The van der Waals surface area contributed by atoms with Gasteiger partial charge in [0.2, 0.25) is 0 Å². The Morgan fingerprint density at radius 1 is 1.30 bits per heavy atom. The molecule has 0 radical (unpaired) electrons. The van der Waals surface area contributed by atoms with Crippen LogP contribution in [-0.4, -0.2) is 0 Å². The number of rotatable bonds is 2. The molecule has 10 heavy (non-hydrogen) atoms. The third kappa shape index (κ3) is 1.83. The van der Waals surface area contributed by atoms with E-state index in [9.17, 15) is 0 Å². The van der Waals surface area contributed by atoms with Crippen LogP contribution in [0.3, 0.4) is 0 Å². The largest absolute Gasteiger partial charge is 0.205 e. The third-order valence-electron chi connectivity index (χ3n) is 1.54. The average Bonchev–Trinajstić information content (AvgIpc) is 1.95. The first-order valence-corrected chi connectivity index (χ1v) is 3.78. The highest BCUT2D eigenvalue weighted by Crippen LogP contribution is 1.89. The van der Waals surface area contributed by atoms with Crippen LogP contribution in [0.4, 0.5) is 0 Å². The highest BCUT2D eigenvalue weighted by atomic mass is 14.9. The second-order valence-electron chi connectivity index (χ2n) is 2.61. The lowest BCUT2D eigenvalue weighted by Crippen LogP contribution is -2.31. The van der Waals surface area contributed by atoms with Crippen LogP contribution >= 0.6 is 0 Å². The van der Waals surface area contributed by atoms with Gasteiger partial charge >= 0.3 is 0 Å². The van der Waals surface area contributed by atoms with Crippen LogP contribution in [-0.2, 0) is 6.54 Å². The summed E-state index contributed by atoms with van der Waals surface area (Å²) in [7, 11) is 0. The maximum absolute atomic E-state index is 2.20. The first kappa shape index (κ1) is 7.26. The summed E-state index contributed by atoms with van der Waals surface area (Å²) >= 11 is 0. The van der Waals surface area contributed by atoms with Crippen molar-refractivity contribution in [3.63, 3.8) is 0 Å². The fraction of sp³-hybridized carbons (Fsp3) is 0.444. The zero-order valence-electron chi connectivity index (χ0n) is 6.67. The number of nitrogens with zero attached hydrogens (tertiary/aromatic N) is 1. The lowest BCUT2D eigenvalue weighted by Gasteiger charge is -1.92. The first-order chi connectivity index (χ1) is 4.83. The van der Waals surface area contributed by atoms with Crippen molar-refractivity contribution in [1.82, 2.24) is 0 Å². The van der Waals surface area contributed by atoms with Gasteiger partial charge in [-0.05, 0) is 12.5 Å². The minimum Gasteiger partial charge on any atom is -0.205 e. The minimum atomic E-state index is 1.13. The van der Waals surface area contributed by atoms with Crippen molar-refractivity contribution < 1.29 is 4.57 Å². The summed E-state index contributed by atoms with van der Waals surface area (Å²) < 4.78 is 2.20. The van der Waals surface area contributed by atoms with Gasteiger partial charge in [-0.15, -0.1) is 0 Å². The molecule has 1 rings (SSSR count). The lowest BCUT2D eigenvalue weighted by molar-refractivity contribution is -0.697. The molecule has 1 aromatic rings. The summed E-state index contributed by atoms with van der Waals surface area (Å²) in [5, 5.41) is 0. The van der Waals surface area contributed by atoms with Crippen LogP contribution in [0.15, 0.2) is 24.5 Å². The van der Waals surface area contributed by atoms with Crippen LogP contribution in [0, 0.1) is 6.92 Å².